The first kappa shape index (κ1) is 7.98. The number of aryl methyl sites for hydroxylation is 1. The molecule has 2 rings (SSSR count). The fourth-order valence-electron chi connectivity index (χ4n) is 1.45. The van der Waals surface area contributed by atoms with E-state index in [1.54, 1.807) is 6.20 Å². The molecule has 2 aromatic rings. The number of aromatic nitrogens is 3. The number of hydrogen-bond donors (Lipinski definition) is 1. The van der Waals surface area contributed by atoms with Crippen LogP contribution in [-0.4, -0.2) is 15.2 Å². The molecule has 0 bridgehead atoms. The van der Waals surface area contributed by atoms with Gasteiger partial charge in [-0.3, -0.25) is 10.1 Å². The van der Waals surface area contributed by atoms with Gasteiger partial charge in [-0.15, -0.1) is 0 Å². The quantitative estimate of drug-likeness (QED) is 0.718. The van der Waals surface area contributed by atoms with E-state index in [9.17, 15) is 0 Å². The van der Waals surface area contributed by atoms with Gasteiger partial charge < -0.3 is 0 Å². The topological polar surface area (TPSA) is 41.6 Å². The fraction of sp³-hybridized carbons (Fsp3) is 0.200. The Bertz CT molecular complexity index is 468. The molecule has 0 spiro atoms. The van der Waals surface area contributed by atoms with Crippen LogP contribution in [-0.2, 0) is 0 Å². The van der Waals surface area contributed by atoms with Gasteiger partial charge in [-0.1, -0.05) is 6.58 Å². The standard InChI is InChI=1S/C10H11N3/c1-6(2)8-4-11-9-5-12-13-10(9)7(8)3/h4-5H,1H2,2-3H3,(H,12,13). The summed E-state index contributed by atoms with van der Waals surface area (Å²) < 4.78 is 0. The van der Waals surface area contributed by atoms with Gasteiger partial charge in [0.05, 0.1) is 11.7 Å². The van der Waals surface area contributed by atoms with Crippen LogP contribution < -0.4 is 0 Å². The molecule has 0 saturated heterocycles. The van der Waals surface area contributed by atoms with E-state index >= 15 is 0 Å². The lowest BCUT2D eigenvalue weighted by atomic mass is 10.1. The molecule has 0 unspecified atom stereocenters. The SMILES string of the molecule is C=C(C)c1cnc2cn[nH]c2c1C. The number of nitrogens with zero attached hydrogens (tertiary/aromatic N) is 2. The molecule has 0 fully saturated rings. The summed E-state index contributed by atoms with van der Waals surface area (Å²) >= 11 is 0. The zero-order chi connectivity index (χ0) is 9.42. The Morgan fingerprint density at radius 3 is 2.92 bits per heavy atom. The molecule has 0 aliphatic heterocycles. The van der Waals surface area contributed by atoms with Gasteiger partial charge in [-0.05, 0) is 25.0 Å². The minimum absolute atomic E-state index is 0.905. The Morgan fingerprint density at radius 2 is 2.23 bits per heavy atom. The third-order valence-electron chi connectivity index (χ3n) is 2.19. The van der Waals surface area contributed by atoms with Crippen molar-refractivity contribution in [3.63, 3.8) is 0 Å². The maximum Gasteiger partial charge on any atom is 0.108 e. The third-order valence-corrected chi connectivity index (χ3v) is 2.19. The predicted octanol–water partition coefficient (Wildman–Crippen LogP) is 2.30. The Kier molecular flexibility index (Phi) is 1.65. The van der Waals surface area contributed by atoms with Crippen LogP contribution in [0, 0.1) is 6.92 Å². The molecule has 2 aromatic heterocycles. The van der Waals surface area contributed by atoms with Gasteiger partial charge in [0, 0.05) is 11.8 Å². The number of allylic oxidation sites excluding steroid dienone is 1. The summed E-state index contributed by atoms with van der Waals surface area (Å²) in [5.41, 5.74) is 5.19. The van der Waals surface area contributed by atoms with E-state index < -0.39 is 0 Å². The van der Waals surface area contributed by atoms with Gasteiger partial charge >= 0.3 is 0 Å². The number of hydrogen-bond acceptors (Lipinski definition) is 2. The summed E-state index contributed by atoms with van der Waals surface area (Å²) in [7, 11) is 0. The largest absolute Gasteiger partial charge is 0.276 e. The normalized spacial score (nSPS) is 10.6. The first-order chi connectivity index (χ1) is 6.20. The number of rotatable bonds is 1. The average molecular weight is 173 g/mol. The van der Waals surface area contributed by atoms with Crippen molar-refractivity contribution in [2.24, 2.45) is 0 Å². The first-order valence-electron chi connectivity index (χ1n) is 4.14. The minimum Gasteiger partial charge on any atom is -0.276 e. The van der Waals surface area contributed by atoms with Crippen molar-refractivity contribution in [3.8, 4) is 0 Å². The average Bonchev–Trinajstić information content (AvgIpc) is 2.52. The van der Waals surface area contributed by atoms with E-state index in [-0.39, 0.29) is 0 Å². The lowest BCUT2D eigenvalue weighted by Crippen LogP contribution is -1.88. The van der Waals surface area contributed by atoms with Crippen molar-refractivity contribution in [2.45, 2.75) is 13.8 Å². The van der Waals surface area contributed by atoms with Crippen LogP contribution in [0.3, 0.4) is 0 Å². The zero-order valence-electron chi connectivity index (χ0n) is 7.76. The van der Waals surface area contributed by atoms with Gasteiger partial charge in [0.1, 0.15) is 5.52 Å². The molecule has 13 heavy (non-hydrogen) atoms. The van der Waals surface area contributed by atoms with E-state index in [1.807, 2.05) is 20.0 Å². The smallest absolute Gasteiger partial charge is 0.108 e. The summed E-state index contributed by atoms with van der Waals surface area (Å²) in [5.74, 6) is 0. The molecule has 0 aromatic carbocycles. The van der Waals surface area contributed by atoms with Crippen LogP contribution in [0.25, 0.3) is 16.6 Å². The van der Waals surface area contributed by atoms with Crippen LogP contribution in [0.4, 0.5) is 0 Å². The summed E-state index contributed by atoms with van der Waals surface area (Å²) in [4.78, 5) is 4.27. The Balaban J connectivity index is 2.80. The van der Waals surface area contributed by atoms with E-state index in [2.05, 4.69) is 21.8 Å². The molecule has 1 N–H and O–H groups in total. The lowest BCUT2D eigenvalue weighted by molar-refractivity contribution is 1.11. The molecule has 0 aliphatic rings. The lowest BCUT2D eigenvalue weighted by Gasteiger charge is -2.04. The Hall–Kier alpha value is -1.64. The highest BCUT2D eigenvalue weighted by molar-refractivity contribution is 5.82. The van der Waals surface area contributed by atoms with Crippen molar-refractivity contribution >= 4 is 16.6 Å². The summed E-state index contributed by atoms with van der Waals surface area (Å²) in [6, 6.07) is 0. The molecule has 3 heteroatoms. The Labute approximate surface area is 76.5 Å². The van der Waals surface area contributed by atoms with Crippen molar-refractivity contribution in [1.82, 2.24) is 15.2 Å². The predicted molar refractivity (Wildman–Crippen MR) is 53.3 cm³/mol. The van der Waals surface area contributed by atoms with Gasteiger partial charge in [-0.25, -0.2) is 0 Å². The molecule has 3 nitrogen and oxygen atoms in total. The molecular weight excluding hydrogens is 162 g/mol. The highest BCUT2D eigenvalue weighted by Crippen LogP contribution is 2.21. The summed E-state index contributed by atoms with van der Waals surface area (Å²) in [6.45, 7) is 7.93. The van der Waals surface area contributed by atoms with E-state index in [0.29, 0.717) is 0 Å². The molecule has 0 aliphatic carbocycles. The third kappa shape index (κ3) is 1.13. The van der Waals surface area contributed by atoms with Crippen LogP contribution in [0.2, 0.25) is 0 Å². The molecule has 0 radical (unpaired) electrons. The Morgan fingerprint density at radius 1 is 1.46 bits per heavy atom. The van der Waals surface area contributed by atoms with Crippen molar-refractivity contribution in [2.75, 3.05) is 0 Å². The van der Waals surface area contributed by atoms with Crippen LogP contribution in [0.1, 0.15) is 18.1 Å². The zero-order valence-corrected chi connectivity index (χ0v) is 7.76. The van der Waals surface area contributed by atoms with Crippen LogP contribution in [0.5, 0.6) is 0 Å². The minimum atomic E-state index is 0.905. The van der Waals surface area contributed by atoms with Gasteiger partial charge in [0.15, 0.2) is 0 Å². The second-order valence-corrected chi connectivity index (χ2v) is 3.21. The van der Waals surface area contributed by atoms with Crippen LogP contribution in [0.15, 0.2) is 19.0 Å². The molecule has 0 saturated carbocycles. The van der Waals surface area contributed by atoms with Gasteiger partial charge in [0.2, 0.25) is 0 Å². The number of fused-ring (bicyclic) bond motifs is 1. The van der Waals surface area contributed by atoms with Crippen molar-refractivity contribution < 1.29 is 0 Å². The highest BCUT2D eigenvalue weighted by atomic mass is 15.1. The maximum absolute atomic E-state index is 4.27. The highest BCUT2D eigenvalue weighted by Gasteiger charge is 2.05. The second kappa shape index (κ2) is 2.69. The maximum atomic E-state index is 4.27. The van der Waals surface area contributed by atoms with Crippen LogP contribution >= 0.6 is 0 Å². The van der Waals surface area contributed by atoms with E-state index in [0.717, 1.165) is 27.7 Å². The van der Waals surface area contributed by atoms with Gasteiger partial charge in [-0.2, -0.15) is 5.10 Å². The van der Waals surface area contributed by atoms with Crippen molar-refractivity contribution in [3.05, 3.63) is 30.1 Å². The summed E-state index contributed by atoms with van der Waals surface area (Å²) in [5, 5.41) is 6.87. The first-order valence-corrected chi connectivity index (χ1v) is 4.14. The monoisotopic (exact) mass is 173 g/mol. The molecule has 0 atom stereocenters. The van der Waals surface area contributed by atoms with Crippen molar-refractivity contribution in [1.29, 1.82) is 0 Å². The van der Waals surface area contributed by atoms with E-state index in [4.69, 9.17) is 0 Å². The molecule has 0 amide bonds. The molecule has 2 heterocycles. The second-order valence-electron chi connectivity index (χ2n) is 3.21. The molecular formula is C10H11N3. The number of H-pyrrole nitrogens is 1. The number of nitrogens with one attached hydrogen (secondary N) is 1. The molecule has 66 valence electrons. The fourth-order valence-corrected chi connectivity index (χ4v) is 1.45. The van der Waals surface area contributed by atoms with E-state index in [1.165, 1.54) is 0 Å². The van der Waals surface area contributed by atoms with Gasteiger partial charge in [0.25, 0.3) is 0 Å². The number of aromatic amines is 1. The summed E-state index contributed by atoms with van der Waals surface area (Å²) in [6.07, 6.45) is 3.57. The number of pyridine rings is 1.